The summed E-state index contributed by atoms with van der Waals surface area (Å²) in [5.41, 5.74) is 2.03. The average Bonchev–Trinajstić information content (AvgIpc) is 2.35. The van der Waals surface area contributed by atoms with Crippen LogP contribution in [0.1, 0.15) is 5.56 Å². The lowest BCUT2D eigenvalue weighted by Gasteiger charge is -2.05. The Hall–Kier alpha value is -1.68. The predicted molar refractivity (Wildman–Crippen MR) is 66.1 cm³/mol. The van der Waals surface area contributed by atoms with Crippen LogP contribution in [0.4, 0.5) is 16.0 Å². The second kappa shape index (κ2) is 5.59. The molecule has 0 aliphatic heterocycles. The third-order valence-electron chi connectivity index (χ3n) is 2.21. The highest BCUT2D eigenvalue weighted by atomic mass is 35.5. The molecular weight excluding hydrogens is 241 g/mol. The molecule has 3 nitrogen and oxygen atoms in total. The zero-order valence-electron chi connectivity index (χ0n) is 9.03. The van der Waals surface area contributed by atoms with Crippen LogP contribution in [0.3, 0.4) is 0 Å². The van der Waals surface area contributed by atoms with Crippen molar-refractivity contribution >= 4 is 23.2 Å². The molecule has 5 heteroatoms. The van der Waals surface area contributed by atoms with E-state index in [0.29, 0.717) is 11.8 Å². The number of nitrogens with zero attached hydrogens (tertiary/aromatic N) is 2. The first-order chi connectivity index (χ1) is 8.28. The van der Waals surface area contributed by atoms with Crippen LogP contribution in [-0.2, 0) is 6.42 Å². The van der Waals surface area contributed by atoms with Crippen molar-refractivity contribution < 1.29 is 4.39 Å². The highest BCUT2D eigenvalue weighted by molar-refractivity contribution is 6.17. The van der Waals surface area contributed by atoms with E-state index in [1.807, 2.05) is 24.3 Å². The average molecular weight is 252 g/mol. The van der Waals surface area contributed by atoms with E-state index in [1.54, 1.807) is 0 Å². The van der Waals surface area contributed by atoms with Gasteiger partial charge in [0, 0.05) is 11.6 Å². The van der Waals surface area contributed by atoms with Crippen molar-refractivity contribution in [1.82, 2.24) is 9.97 Å². The summed E-state index contributed by atoms with van der Waals surface area (Å²) in [5, 5.41) is 2.98. The van der Waals surface area contributed by atoms with E-state index in [9.17, 15) is 4.39 Å². The molecule has 0 aliphatic carbocycles. The summed E-state index contributed by atoms with van der Waals surface area (Å²) < 4.78 is 12.6. The zero-order chi connectivity index (χ0) is 12.1. The molecule has 0 fully saturated rings. The van der Waals surface area contributed by atoms with Gasteiger partial charge in [-0.1, -0.05) is 12.1 Å². The molecule has 0 unspecified atom stereocenters. The number of benzene rings is 1. The van der Waals surface area contributed by atoms with Gasteiger partial charge in [0.15, 0.2) is 5.82 Å². The monoisotopic (exact) mass is 251 g/mol. The van der Waals surface area contributed by atoms with Crippen molar-refractivity contribution in [2.75, 3.05) is 11.2 Å². The largest absolute Gasteiger partial charge is 0.324 e. The summed E-state index contributed by atoms with van der Waals surface area (Å²) in [7, 11) is 0. The molecule has 1 aromatic carbocycles. The second-order valence-corrected chi connectivity index (χ2v) is 3.86. The molecule has 1 heterocycles. The highest BCUT2D eigenvalue weighted by Crippen LogP contribution is 2.14. The van der Waals surface area contributed by atoms with E-state index in [-0.39, 0.29) is 0 Å². The molecule has 0 radical (unpaired) electrons. The van der Waals surface area contributed by atoms with E-state index >= 15 is 0 Å². The van der Waals surface area contributed by atoms with E-state index in [0.717, 1.165) is 24.5 Å². The number of aromatic nitrogens is 2. The van der Waals surface area contributed by atoms with Gasteiger partial charge in [0.1, 0.15) is 0 Å². The Bertz CT molecular complexity index is 470. The van der Waals surface area contributed by atoms with E-state index in [2.05, 4.69) is 15.3 Å². The van der Waals surface area contributed by atoms with Crippen molar-refractivity contribution in [3.63, 3.8) is 0 Å². The van der Waals surface area contributed by atoms with Gasteiger partial charge in [-0.25, -0.2) is 14.4 Å². The molecule has 0 atom stereocenters. The lowest BCUT2D eigenvalue weighted by molar-refractivity contribution is 0.614. The van der Waals surface area contributed by atoms with Gasteiger partial charge in [-0.15, -0.1) is 11.6 Å². The Morgan fingerprint density at radius 3 is 2.35 bits per heavy atom. The van der Waals surface area contributed by atoms with Gasteiger partial charge in [-0.05, 0) is 24.1 Å². The van der Waals surface area contributed by atoms with Gasteiger partial charge in [-0.3, -0.25) is 0 Å². The number of anilines is 2. The van der Waals surface area contributed by atoms with E-state index < -0.39 is 5.82 Å². The number of hydrogen-bond donors (Lipinski definition) is 1. The van der Waals surface area contributed by atoms with Crippen molar-refractivity contribution in [3.8, 4) is 0 Å². The maximum atomic E-state index is 12.6. The summed E-state index contributed by atoms with van der Waals surface area (Å²) in [6.45, 7) is 0. The first-order valence-electron chi connectivity index (χ1n) is 5.17. The number of nitrogens with one attached hydrogen (secondary N) is 1. The Kier molecular flexibility index (Phi) is 3.88. The second-order valence-electron chi connectivity index (χ2n) is 3.49. The summed E-state index contributed by atoms with van der Waals surface area (Å²) in [4.78, 5) is 7.63. The fourth-order valence-corrected chi connectivity index (χ4v) is 1.59. The summed E-state index contributed by atoms with van der Waals surface area (Å²) >= 11 is 5.65. The zero-order valence-corrected chi connectivity index (χ0v) is 9.78. The van der Waals surface area contributed by atoms with Crippen LogP contribution in [0.15, 0.2) is 36.7 Å². The lowest BCUT2D eigenvalue weighted by atomic mass is 10.1. The first kappa shape index (κ1) is 11.8. The Morgan fingerprint density at radius 2 is 1.76 bits per heavy atom. The fourth-order valence-electron chi connectivity index (χ4n) is 1.37. The van der Waals surface area contributed by atoms with Crippen LogP contribution >= 0.6 is 11.6 Å². The van der Waals surface area contributed by atoms with Gasteiger partial charge < -0.3 is 5.32 Å². The minimum atomic E-state index is -0.451. The molecular formula is C12H11ClFN3. The molecule has 1 N–H and O–H groups in total. The van der Waals surface area contributed by atoms with E-state index in [1.165, 1.54) is 5.56 Å². The molecule has 2 aromatic rings. The third-order valence-corrected chi connectivity index (χ3v) is 2.40. The lowest BCUT2D eigenvalue weighted by Crippen LogP contribution is -1.97. The molecule has 0 saturated heterocycles. The molecule has 2 rings (SSSR count). The molecule has 0 saturated carbocycles. The number of rotatable bonds is 4. The molecule has 0 bridgehead atoms. The van der Waals surface area contributed by atoms with Crippen molar-refractivity contribution in [1.29, 1.82) is 0 Å². The number of halogens is 2. The molecule has 0 amide bonds. The Balaban J connectivity index is 2.05. The van der Waals surface area contributed by atoms with Gasteiger partial charge in [-0.2, -0.15) is 0 Å². The molecule has 1 aromatic heterocycles. The standard InChI is InChI=1S/C12H11ClFN3/c13-6-5-9-1-3-11(4-2-9)17-12-15-7-10(14)8-16-12/h1-4,7-8H,5-6H2,(H,15,16,17). The van der Waals surface area contributed by atoms with Crippen LogP contribution in [0, 0.1) is 5.82 Å². The summed E-state index contributed by atoms with van der Waals surface area (Å²) in [6, 6.07) is 7.78. The Labute approximate surface area is 104 Å². The van der Waals surface area contributed by atoms with Crippen molar-refractivity contribution in [2.45, 2.75) is 6.42 Å². The molecule has 0 aliphatic rings. The third kappa shape index (κ3) is 3.39. The smallest absolute Gasteiger partial charge is 0.227 e. The number of aryl methyl sites for hydroxylation is 1. The van der Waals surface area contributed by atoms with E-state index in [4.69, 9.17) is 11.6 Å². The highest BCUT2D eigenvalue weighted by Gasteiger charge is 1.98. The van der Waals surface area contributed by atoms with Crippen LogP contribution in [0.2, 0.25) is 0 Å². The summed E-state index contributed by atoms with van der Waals surface area (Å²) in [5.74, 6) is 0.526. The number of hydrogen-bond acceptors (Lipinski definition) is 3. The van der Waals surface area contributed by atoms with Crippen LogP contribution < -0.4 is 5.32 Å². The van der Waals surface area contributed by atoms with Gasteiger partial charge >= 0.3 is 0 Å². The molecule has 17 heavy (non-hydrogen) atoms. The Morgan fingerprint density at radius 1 is 1.12 bits per heavy atom. The maximum Gasteiger partial charge on any atom is 0.227 e. The predicted octanol–water partition coefficient (Wildman–Crippen LogP) is 3.14. The molecule has 0 spiro atoms. The van der Waals surface area contributed by atoms with Crippen LogP contribution in [0.5, 0.6) is 0 Å². The fraction of sp³-hybridized carbons (Fsp3) is 0.167. The van der Waals surface area contributed by atoms with Crippen LogP contribution in [-0.4, -0.2) is 15.8 Å². The van der Waals surface area contributed by atoms with Gasteiger partial charge in [0.2, 0.25) is 5.95 Å². The minimum Gasteiger partial charge on any atom is -0.324 e. The van der Waals surface area contributed by atoms with Gasteiger partial charge in [0.05, 0.1) is 12.4 Å². The van der Waals surface area contributed by atoms with Crippen molar-refractivity contribution in [3.05, 3.63) is 48.0 Å². The van der Waals surface area contributed by atoms with Gasteiger partial charge in [0.25, 0.3) is 0 Å². The SMILES string of the molecule is Fc1cnc(Nc2ccc(CCCl)cc2)nc1. The molecule has 88 valence electrons. The summed E-state index contributed by atoms with van der Waals surface area (Å²) in [6.07, 6.45) is 3.09. The normalized spacial score (nSPS) is 10.2. The quantitative estimate of drug-likeness (QED) is 0.849. The van der Waals surface area contributed by atoms with Crippen molar-refractivity contribution in [2.24, 2.45) is 0 Å². The van der Waals surface area contributed by atoms with Crippen LogP contribution in [0.25, 0.3) is 0 Å². The first-order valence-corrected chi connectivity index (χ1v) is 5.71. The maximum absolute atomic E-state index is 12.6. The topological polar surface area (TPSA) is 37.8 Å². The minimum absolute atomic E-state index is 0.372. The number of alkyl halides is 1.